The Kier molecular flexibility index (Phi) is 7.42. The van der Waals surface area contributed by atoms with E-state index in [1.165, 1.54) is 6.42 Å². The van der Waals surface area contributed by atoms with Gasteiger partial charge in [-0.1, -0.05) is 13.8 Å². The number of carbonyl (C=O) groups excluding carboxylic acids is 1. The average Bonchev–Trinajstić information content (AvgIpc) is 2.20. The highest BCUT2D eigenvalue weighted by atomic mass is 16.1. The molecule has 4 heteroatoms. The fourth-order valence-electron chi connectivity index (χ4n) is 1.66. The van der Waals surface area contributed by atoms with Gasteiger partial charge in [0, 0.05) is 12.6 Å². The highest BCUT2D eigenvalue weighted by Crippen LogP contribution is 2.08. The summed E-state index contributed by atoms with van der Waals surface area (Å²) in [5, 5.41) is 3.21. The van der Waals surface area contributed by atoms with Crippen molar-refractivity contribution in [3.8, 4) is 0 Å². The molecule has 84 valence electrons. The van der Waals surface area contributed by atoms with E-state index >= 15 is 0 Å². The van der Waals surface area contributed by atoms with Crippen LogP contribution in [0.3, 0.4) is 0 Å². The van der Waals surface area contributed by atoms with E-state index in [2.05, 4.69) is 10.2 Å². The van der Waals surface area contributed by atoms with Crippen LogP contribution in [-0.2, 0) is 4.79 Å². The number of carbonyl (C=O) groups is 1. The summed E-state index contributed by atoms with van der Waals surface area (Å²) in [7, 11) is 1.96. The molecule has 0 aliphatic carbocycles. The number of likely N-dealkylation sites (tertiary alicyclic amines) is 1. The molecular formula is C10H23N3O. The summed E-state index contributed by atoms with van der Waals surface area (Å²) in [4.78, 5) is 12.7. The van der Waals surface area contributed by atoms with Gasteiger partial charge >= 0.3 is 0 Å². The van der Waals surface area contributed by atoms with Crippen LogP contribution in [0.15, 0.2) is 0 Å². The molecule has 1 saturated heterocycles. The van der Waals surface area contributed by atoms with Gasteiger partial charge in [-0.25, -0.2) is 0 Å². The van der Waals surface area contributed by atoms with Crippen molar-refractivity contribution in [2.75, 3.05) is 26.7 Å². The molecule has 1 aliphatic rings. The van der Waals surface area contributed by atoms with E-state index in [-0.39, 0.29) is 5.91 Å². The van der Waals surface area contributed by atoms with Gasteiger partial charge in [0.1, 0.15) is 0 Å². The summed E-state index contributed by atoms with van der Waals surface area (Å²) in [6.07, 6.45) is 2.35. The molecule has 0 aromatic heterocycles. The second-order valence-electron chi connectivity index (χ2n) is 3.33. The van der Waals surface area contributed by atoms with E-state index in [1.54, 1.807) is 0 Å². The Hall–Kier alpha value is -0.610. The summed E-state index contributed by atoms with van der Waals surface area (Å²) in [6, 6.07) is 0.526. The predicted molar refractivity (Wildman–Crippen MR) is 59.1 cm³/mol. The molecule has 1 fully saturated rings. The van der Waals surface area contributed by atoms with Crippen molar-refractivity contribution in [3.63, 3.8) is 0 Å². The highest BCUT2D eigenvalue weighted by Gasteiger charge is 2.18. The van der Waals surface area contributed by atoms with Crippen LogP contribution >= 0.6 is 0 Å². The Morgan fingerprint density at radius 1 is 1.57 bits per heavy atom. The van der Waals surface area contributed by atoms with Crippen molar-refractivity contribution in [2.45, 2.75) is 32.7 Å². The first-order valence-corrected chi connectivity index (χ1v) is 5.40. The summed E-state index contributed by atoms with van der Waals surface area (Å²) in [6.45, 7) is 6.35. The van der Waals surface area contributed by atoms with Gasteiger partial charge in [0.25, 0.3) is 0 Å². The zero-order valence-corrected chi connectivity index (χ0v) is 9.55. The number of nitrogens with zero attached hydrogens (tertiary/aromatic N) is 1. The number of likely N-dealkylation sites (N-methyl/N-ethyl adjacent to an activating group) is 1. The van der Waals surface area contributed by atoms with E-state index < -0.39 is 0 Å². The highest BCUT2D eigenvalue weighted by molar-refractivity contribution is 5.75. The third-order valence-corrected chi connectivity index (χ3v) is 2.29. The number of hydrogen-bond donors (Lipinski definition) is 2. The molecule has 1 aliphatic heterocycles. The maximum atomic E-state index is 10.6. The molecule has 0 bridgehead atoms. The van der Waals surface area contributed by atoms with E-state index in [1.807, 2.05) is 20.9 Å². The number of nitrogens with two attached hydrogens (primary N) is 1. The van der Waals surface area contributed by atoms with Crippen molar-refractivity contribution in [3.05, 3.63) is 0 Å². The smallest absolute Gasteiger partial charge is 0.231 e. The van der Waals surface area contributed by atoms with Gasteiger partial charge in [0.15, 0.2) is 0 Å². The lowest BCUT2D eigenvalue weighted by Crippen LogP contribution is -2.47. The molecular weight excluding hydrogens is 178 g/mol. The third kappa shape index (κ3) is 5.19. The Bertz CT molecular complexity index is 161. The van der Waals surface area contributed by atoms with Crippen molar-refractivity contribution >= 4 is 5.91 Å². The van der Waals surface area contributed by atoms with Crippen LogP contribution < -0.4 is 11.1 Å². The van der Waals surface area contributed by atoms with Gasteiger partial charge in [0.2, 0.25) is 5.91 Å². The number of hydrogen-bond acceptors (Lipinski definition) is 3. The molecule has 3 N–H and O–H groups in total. The number of amides is 1. The fourth-order valence-corrected chi connectivity index (χ4v) is 1.66. The second kappa shape index (κ2) is 7.76. The van der Waals surface area contributed by atoms with Crippen molar-refractivity contribution in [2.24, 2.45) is 5.73 Å². The summed E-state index contributed by atoms with van der Waals surface area (Å²) >= 11 is 0. The number of nitrogens with one attached hydrogen (secondary N) is 1. The topological polar surface area (TPSA) is 58.4 Å². The number of rotatable bonds is 3. The minimum absolute atomic E-state index is 0.230. The average molecular weight is 201 g/mol. The number of piperidine rings is 1. The van der Waals surface area contributed by atoms with Gasteiger partial charge in [-0.3, -0.25) is 9.69 Å². The SMILES string of the molecule is CC.CNC1CCCN(CC(N)=O)C1. The monoisotopic (exact) mass is 201 g/mol. The lowest BCUT2D eigenvalue weighted by Gasteiger charge is -2.31. The van der Waals surface area contributed by atoms with Gasteiger partial charge < -0.3 is 11.1 Å². The van der Waals surface area contributed by atoms with Gasteiger partial charge in [-0.05, 0) is 26.4 Å². The van der Waals surface area contributed by atoms with E-state index in [9.17, 15) is 4.79 Å². The Morgan fingerprint density at radius 2 is 2.21 bits per heavy atom. The first-order valence-electron chi connectivity index (χ1n) is 5.40. The standard InChI is InChI=1S/C8H17N3O.C2H6/c1-10-7-3-2-4-11(5-7)6-8(9)12;1-2/h7,10H,2-6H2,1H3,(H2,9,12);1-2H3. The first-order chi connectivity index (χ1) is 6.72. The maximum Gasteiger partial charge on any atom is 0.231 e. The molecule has 14 heavy (non-hydrogen) atoms. The minimum Gasteiger partial charge on any atom is -0.369 e. The Balaban J connectivity index is 0.000000791. The molecule has 0 aromatic carbocycles. The Labute approximate surface area is 86.8 Å². The van der Waals surface area contributed by atoms with E-state index in [0.29, 0.717) is 12.6 Å². The van der Waals surface area contributed by atoms with Crippen LogP contribution in [0.2, 0.25) is 0 Å². The molecule has 4 nitrogen and oxygen atoms in total. The normalized spacial score (nSPS) is 22.4. The van der Waals surface area contributed by atoms with Crippen LogP contribution in [0.4, 0.5) is 0 Å². The van der Waals surface area contributed by atoms with Crippen LogP contribution in [0.1, 0.15) is 26.7 Å². The van der Waals surface area contributed by atoms with E-state index in [4.69, 9.17) is 5.73 Å². The first kappa shape index (κ1) is 13.4. The van der Waals surface area contributed by atoms with Crippen molar-refractivity contribution < 1.29 is 4.79 Å². The lowest BCUT2D eigenvalue weighted by molar-refractivity contribution is -0.119. The zero-order chi connectivity index (χ0) is 11.0. The second-order valence-corrected chi connectivity index (χ2v) is 3.33. The van der Waals surface area contributed by atoms with Gasteiger partial charge in [-0.15, -0.1) is 0 Å². The largest absolute Gasteiger partial charge is 0.369 e. The summed E-state index contributed by atoms with van der Waals surface area (Å²) in [5.41, 5.74) is 5.11. The quantitative estimate of drug-likeness (QED) is 0.685. The predicted octanol–water partition coefficient (Wildman–Crippen LogP) is 0.182. The van der Waals surface area contributed by atoms with Crippen molar-refractivity contribution in [1.82, 2.24) is 10.2 Å². The lowest BCUT2D eigenvalue weighted by atomic mass is 10.1. The zero-order valence-electron chi connectivity index (χ0n) is 9.55. The Morgan fingerprint density at radius 3 is 2.71 bits per heavy atom. The molecule has 0 radical (unpaired) electrons. The van der Waals surface area contributed by atoms with Gasteiger partial charge in [-0.2, -0.15) is 0 Å². The van der Waals surface area contributed by atoms with Crippen LogP contribution in [0, 0.1) is 0 Å². The van der Waals surface area contributed by atoms with Crippen LogP contribution in [0.5, 0.6) is 0 Å². The summed E-state index contributed by atoms with van der Waals surface area (Å²) in [5.74, 6) is -0.230. The fraction of sp³-hybridized carbons (Fsp3) is 0.900. The molecule has 0 saturated carbocycles. The molecule has 1 amide bonds. The third-order valence-electron chi connectivity index (χ3n) is 2.29. The molecule has 1 atom stereocenters. The molecule has 0 aromatic rings. The van der Waals surface area contributed by atoms with Crippen LogP contribution in [0.25, 0.3) is 0 Å². The molecule has 1 rings (SSSR count). The van der Waals surface area contributed by atoms with Gasteiger partial charge in [0.05, 0.1) is 6.54 Å². The van der Waals surface area contributed by atoms with Crippen molar-refractivity contribution in [1.29, 1.82) is 0 Å². The molecule has 1 heterocycles. The number of primary amides is 1. The molecule has 0 spiro atoms. The van der Waals surface area contributed by atoms with E-state index in [0.717, 1.165) is 19.5 Å². The maximum absolute atomic E-state index is 10.6. The minimum atomic E-state index is -0.230. The summed E-state index contributed by atoms with van der Waals surface area (Å²) < 4.78 is 0. The van der Waals surface area contributed by atoms with Crippen LogP contribution in [-0.4, -0.2) is 43.5 Å². The molecule has 1 unspecified atom stereocenters.